The van der Waals surface area contributed by atoms with Gasteiger partial charge in [-0.25, -0.2) is 13.2 Å². The number of ether oxygens (including phenoxy) is 3. The molecule has 0 atom stereocenters. The van der Waals surface area contributed by atoms with Crippen LogP contribution < -0.4 is 14.2 Å². The topological polar surface area (TPSA) is 27.7 Å². The number of hydrogen-bond donors (Lipinski definition) is 0. The Morgan fingerprint density at radius 3 is 1.75 bits per heavy atom. The zero-order chi connectivity index (χ0) is 22.8. The summed E-state index contributed by atoms with van der Waals surface area (Å²) in [5.41, 5.74) is 0.918. The standard InChI is InChI=1S/C26H39F3O3/c1-2-3-4-5-19-6-8-20(9-7-19)21-10-12-22(13-11-21)23-14-24(30-16-27)26(32-18-29)25(15-23)31-17-28/h14-15,19-22H,2-13,16-18H2,1H3. The maximum Gasteiger partial charge on any atom is 0.229 e. The first-order chi connectivity index (χ1) is 15.7. The molecule has 0 aromatic heterocycles. The van der Waals surface area contributed by atoms with Crippen LogP contribution in [-0.2, 0) is 0 Å². The Morgan fingerprint density at radius 1 is 0.719 bits per heavy atom. The molecule has 2 fully saturated rings. The average molecular weight is 457 g/mol. The van der Waals surface area contributed by atoms with Crippen molar-refractivity contribution >= 4 is 0 Å². The minimum absolute atomic E-state index is 0.0645. The molecule has 0 spiro atoms. The van der Waals surface area contributed by atoms with Gasteiger partial charge in [0.05, 0.1) is 0 Å². The van der Waals surface area contributed by atoms with Gasteiger partial charge in [-0.2, -0.15) is 0 Å². The van der Waals surface area contributed by atoms with Gasteiger partial charge in [-0.05, 0) is 79.9 Å². The Balaban J connectivity index is 1.57. The molecule has 2 saturated carbocycles. The van der Waals surface area contributed by atoms with Crippen LogP contribution in [0.2, 0.25) is 0 Å². The Hall–Kier alpha value is -1.59. The van der Waals surface area contributed by atoms with E-state index in [0.717, 1.165) is 36.2 Å². The van der Waals surface area contributed by atoms with Gasteiger partial charge in [-0.15, -0.1) is 0 Å². The molecule has 0 heterocycles. The second-order valence-corrected chi connectivity index (χ2v) is 9.49. The van der Waals surface area contributed by atoms with Crippen molar-refractivity contribution in [3.8, 4) is 17.2 Å². The molecule has 182 valence electrons. The van der Waals surface area contributed by atoms with Crippen molar-refractivity contribution in [2.45, 2.75) is 89.9 Å². The summed E-state index contributed by atoms with van der Waals surface area (Å²) in [5, 5.41) is 0. The molecule has 0 saturated heterocycles. The van der Waals surface area contributed by atoms with Gasteiger partial charge in [0.25, 0.3) is 0 Å². The molecule has 0 aliphatic heterocycles. The lowest BCUT2D eigenvalue weighted by Gasteiger charge is -2.38. The summed E-state index contributed by atoms with van der Waals surface area (Å²) in [5.74, 6) is 2.87. The van der Waals surface area contributed by atoms with Crippen LogP contribution in [0.4, 0.5) is 13.2 Å². The number of rotatable bonds is 12. The van der Waals surface area contributed by atoms with E-state index >= 15 is 0 Å². The quantitative estimate of drug-likeness (QED) is 0.296. The Morgan fingerprint density at radius 2 is 1.25 bits per heavy atom. The first-order valence-corrected chi connectivity index (χ1v) is 12.4. The van der Waals surface area contributed by atoms with E-state index in [2.05, 4.69) is 6.92 Å². The fraction of sp³-hybridized carbons (Fsp3) is 0.769. The summed E-state index contributed by atoms with van der Waals surface area (Å²) in [6.45, 7) is -1.01. The SMILES string of the molecule is CCCCCC1CCC(C2CCC(c3cc(OCF)c(OCF)c(OCF)c3)CC2)CC1. The van der Waals surface area contributed by atoms with Crippen molar-refractivity contribution in [2.24, 2.45) is 17.8 Å². The molecule has 0 N–H and O–H groups in total. The summed E-state index contributed by atoms with van der Waals surface area (Å²) >= 11 is 0. The molecular weight excluding hydrogens is 417 g/mol. The van der Waals surface area contributed by atoms with Gasteiger partial charge >= 0.3 is 0 Å². The molecule has 1 aromatic carbocycles. The highest BCUT2D eigenvalue weighted by Gasteiger charge is 2.32. The average Bonchev–Trinajstić information content (AvgIpc) is 2.82. The summed E-state index contributed by atoms with van der Waals surface area (Å²) < 4.78 is 53.4. The molecule has 3 rings (SSSR count). The van der Waals surface area contributed by atoms with Crippen LogP contribution in [0.1, 0.15) is 95.5 Å². The lowest BCUT2D eigenvalue weighted by atomic mass is 9.68. The van der Waals surface area contributed by atoms with Crippen LogP contribution in [0, 0.1) is 17.8 Å². The Labute approximate surface area is 191 Å². The zero-order valence-electron chi connectivity index (χ0n) is 19.4. The van der Waals surface area contributed by atoms with Gasteiger partial charge in [0.15, 0.2) is 11.5 Å². The molecule has 2 aliphatic carbocycles. The van der Waals surface area contributed by atoms with E-state index in [9.17, 15) is 13.2 Å². The van der Waals surface area contributed by atoms with Crippen LogP contribution in [0.15, 0.2) is 12.1 Å². The van der Waals surface area contributed by atoms with E-state index in [0.29, 0.717) is 0 Å². The minimum atomic E-state index is -1.13. The molecule has 0 bridgehead atoms. The summed E-state index contributed by atoms with van der Waals surface area (Å²) in [7, 11) is 0. The van der Waals surface area contributed by atoms with Crippen molar-refractivity contribution in [3.63, 3.8) is 0 Å². The molecule has 1 aromatic rings. The molecule has 6 heteroatoms. The van der Waals surface area contributed by atoms with Gasteiger partial charge in [-0.3, -0.25) is 0 Å². The summed E-state index contributed by atoms with van der Waals surface area (Å²) in [6.07, 6.45) is 15.4. The van der Waals surface area contributed by atoms with Crippen molar-refractivity contribution in [2.75, 3.05) is 20.6 Å². The fourth-order valence-electron chi connectivity index (χ4n) is 5.92. The number of unbranched alkanes of at least 4 members (excludes halogenated alkanes) is 2. The highest BCUT2D eigenvalue weighted by molar-refractivity contribution is 5.54. The maximum absolute atomic E-state index is 12.9. The molecular formula is C26H39F3O3. The lowest BCUT2D eigenvalue weighted by molar-refractivity contribution is 0.139. The van der Waals surface area contributed by atoms with E-state index in [1.807, 2.05) is 0 Å². The van der Waals surface area contributed by atoms with Crippen molar-refractivity contribution in [3.05, 3.63) is 17.7 Å². The van der Waals surface area contributed by atoms with E-state index in [4.69, 9.17) is 14.2 Å². The minimum Gasteiger partial charge on any atom is -0.459 e. The van der Waals surface area contributed by atoms with Crippen molar-refractivity contribution in [1.82, 2.24) is 0 Å². The molecule has 0 amide bonds. The Bertz CT molecular complexity index is 641. The van der Waals surface area contributed by atoms with E-state index in [-0.39, 0.29) is 23.2 Å². The maximum atomic E-state index is 12.9. The van der Waals surface area contributed by atoms with Gasteiger partial charge in [0, 0.05) is 0 Å². The molecule has 0 radical (unpaired) electrons. The molecule has 2 aliphatic rings. The monoisotopic (exact) mass is 456 g/mol. The van der Waals surface area contributed by atoms with Gasteiger partial charge in [0.1, 0.15) is 0 Å². The number of hydrogen-bond acceptors (Lipinski definition) is 3. The fourth-order valence-corrected chi connectivity index (χ4v) is 5.92. The van der Waals surface area contributed by atoms with Crippen LogP contribution in [0.25, 0.3) is 0 Å². The van der Waals surface area contributed by atoms with E-state index in [1.54, 1.807) is 12.1 Å². The van der Waals surface area contributed by atoms with Crippen molar-refractivity contribution < 1.29 is 27.4 Å². The lowest BCUT2D eigenvalue weighted by Crippen LogP contribution is -2.25. The predicted octanol–water partition coefficient (Wildman–Crippen LogP) is 8.26. The normalized spacial score (nSPS) is 26.0. The zero-order valence-corrected chi connectivity index (χ0v) is 19.4. The molecule has 32 heavy (non-hydrogen) atoms. The number of benzene rings is 1. The largest absolute Gasteiger partial charge is 0.459 e. The third-order valence-corrected chi connectivity index (χ3v) is 7.68. The second kappa shape index (κ2) is 13.2. The predicted molar refractivity (Wildman–Crippen MR) is 121 cm³/mol. The van der Waals surface area contributed by atoms with Gasteiger partial charge in [0.2, 0.25) is 26.3 Å². The van der Waals surface area contributed by atoms with Gasteiger partial charge in [-0.1, -0.05) is 45.4 Å². The first-order valence-electron chi connectivity index (χ1n) is 12.4. The smallest absolute Gasteiger partial charge is 0.229 e. The van der Waals surface area contributed by atoms with E-state index in [1.165, 1.54) is 64.2 Å². The first kappa shape index (κ1) is 25.0. The van der Waals surface area contributed by atoms with Crippen LogP contribution in [0.3, 0.4) is 0 Å². The van der Waals surface area contributed by atoms with Crippen molar-refractivity contribution in [1.29, 1.82) is 0 Å². The molecule has 3 nitrogen and oxygen atoms in total. The Kier molecular flexibility index (Phi) is 10.3. The third kappa shape index (κ3) is 6.71. The van der Waals surface area contributed by atoms with Gasteiger partial charge < -0.3 is 14.2 Å². The van der Waals surface area contributed by atoms with E-state index < -0.39 is 20.6 Å². The second-order valence-electron chi connectivity index (χ2n) is 9.49. The van der Waals surface area contributed by atoms with Crippen LogP contribution >= 0.6 is 0 Å². The molecule has 0 unspecified atom stereocenters. The highest BCUT2D eigenvalue weighted by atomic mass is 19.1. The third-order valence-electron chi connectivity index (χ3n) is 7.68. The number of alkyl halides is 3. The van der Waals surface area contributed by atoms with Crippen LogP contribution in [0.5, 0.6) is 17.2 Å². The summed E-state index contributed by atoms with van der Waals surface area (Å²) in [4.78, 5) is 0. The number of halogens is 3. The highest BCUT2D eigenvalue weighted by Crippen LogP contribution is 2.47. The van der Waals surface area contributed by atoms with Crippen LogP contribution in [-0.4, -0.2) is 20.6 Å². The summed E-state index contributed by atoms with van der Waals surface area (Å²) in [6, 6.07) is 3.39.